The molecule has 8 nitrogen and oxygen atoms in total. The normalized spacial score (nSPS) is 13.0. The van der Waals surface area contributed by atoms with Crippen molar-refractivity contribution in [1.82, 2.24) is 19.5 Å². The van der Waals surface area contributed by atoms with Crippen molar-refractivity contribution in [2.45, 2.75) is 39.2 Å². The Morgan fingerprint density at radius 1 is 1.21 bits per heavy atom. The molecule has 0 saturated heterocycles. The third-order valence-corrected chi connectivity index (χ3v) is 6.80. The van der Waals surface area contributed by atoms with E-state index in [4.69, 9.17) is 21.3 Å². The first-order valence-electron chi connectivity index (χ1n) is 12.8. The van der Waals surface area contributed by atoms with E-state index in [9.17, 15) is 9.90 Å². The summed E-state index contributed by atoms with van der Waals surface area (Å²) in [5.74, 6) is 0.989. The van der Waals surface area contributed by atoms with E-state index in [1.165, 1.54) is 12.8 Å². The molecule has 0 radical (unpaired) electrons. The van der Waals surface area contributed by atoms with Gasteiger partial charge in [-0.05, 0) is 55.5 Å². The van der Waals surface area contributed by atoms with Crippen LogP contribution in [0.5, 0.6) is 5.75 Å². The van der Waals surface area contributed by atoms with Crippen molar-refractivity contribution in [2.75, 3.05) is 18.5 Å². The molecule has 0 unspecified atom stereocenters. The number of ether oxygens (including phenoxy) is 1. The molecule has 0 aliphatic heterocycles. The number of carbonyl (C=O) groups is 1. The number of aryl methyl sites for hydroxylation is 1. The second-order valence-electron chi connectivity index (χ2n) is 9.61. The summed E-state index contributed by atoms with van der Waals surface area (Å²) >= 11 is 6.15. The second kappa shape index (κ2) is 11.2. The third-order valence-electron chi connectivity index (χ3n) is 6.55. The molecule has 2 N–H and O–H groups in total. The average molecular weight is 532 g/mol. The van der Waals surface area contributed by atoms with E-state index in [0.717, 1.165) is 29.0 Å². The Morgan fingerprint density at radius 3 is 2.71 bits per heavy atom. The molecule has 1 fully saturated rings. The van der Waals surface area contributed by atoms with Gasteiger partial charge in [0.15, 0.2) is 11.5 Å². The first-order valence-corrected chi connectivity index (χ1v) is 13.2. The number of imidazole rings is 1. The Hall–Kier alpha value is -3.91. The molecule has 2 heterocycles. The molecule has 2 aromatic heterocycles. The molecule has 196 valence electrons. The standard InChI is InChI=1S/C29H30ClN5O3/c1-3-4-15-38-23-12-5-18(2)16-22(23)28-34-26-24(35(28)17-20-8-10-21(30)11-9-20)25(31-14-13-19-6-7-19)32-27(33-26)29(36)37/h3,5,8-12,16,19H,1,4,6-7,13-15,17H2,2H3,(H,36,37)(H,31,32,33). The number of aromatic nitrogens is 4. The zero-order valence-corrected chi connectivity index (χ0v) is 22.0. The summed E-state index contributed by atoms with van der Waals surface area (Å²) < 4.78 is 8.13. The van der Waals surface area contributed by atoms with Gasteiger partial charge in [-0.15, -0.1) is 6.58 Å². The van der Waals surface area contributed by atoms with E-state index < -0.39 is 5.97 Å². The van der Waals surface area contributed by atoms with Crippen molar-refractivity contribution in [3.8, 4) is 17.1 Å². The number of fused-ring (bicyclic) bond motifs is 1. The van der Waals surface area contributed by atoms with Crippen LogP contribution < -0.4 is 10.1 Å². The topological polar surface area (TPSA) is 102 Å². The number of hydrogen-bond acceptors (Lipinski definition) is 6. The minimum atomic E-state index is -1.20. The molecule has 0 bridgehead atoms. The van der Waals surface area contributed by atoms with Crippen LogP contribution in [0.2, 0.25) is 5.02 Å². The monoisotopic (exact) mass is 531 g/mol. The van der Waals surface area contributed by atoms with E-state index in [0.29, 0.717) is 59.7 Å². The van der Waals surface area contributed by atoms with Gasteiger partial charge in [0.25, 0.3) is 0 Å². The minimum Gasteiger partial charge on any atom is -0.493 e. The number of hydrogen-bond donors (Lipinski definition) is 2. The minimum absolute atomic E-state index is 0.291. The first kappa shape index (κ1) is 25.7. The highest BCUT2D eigenvalue weighted by Gasteiger charge is 2.25. The summed E-state index contributed by atoms with van der Waals surface area (Å²) in [5.41, 5.74) is 3.80. The van der Waals surface area contributed by atoms with Crippen molar-refractivity contribution < 1.29 is 14.6 Å². The van der Waals surface area contributed by atoms with Crippen LogP contribution in [0.1, 0.15) is 47.4 Å². The number of carboxylic acids is 1. The molecule has 1 saturated carbocycles. The molecule has 0 amide bonds. The fraction of sp³-hybridized carbons (Fsp3) is 0.310. The van der Waals surface area contributed by atoms with Crippen LogP contribution in [0, 0.1) is 12.8 Å². The lowest BCUT2D eigenvalue weighted by Gasteiger charge is -2.15. The van der Waals surface area contributed by atoms with Crippen molar-refractivity contribution in [2.24, 2.45) is 5.92 Å². The van der Waals surface area contributed by atoms with E-state index in [2.05, 4.69) is 21.9 Å². The Balaban J connectivity index is 1.69. The maximum Gasteiger partial charge on any atom is 0.374 e. The predicted octanol–water partition coefficient (Wildman–Crippen LogP) is 6.37. The second-order valence-corrected chi connectivity index (χ2v) is 10.0. The summed E-state index contributed by atoms with van der Waals surface area (Å²) in [6, 6.07) is 13.6. The Morgan fingerprint density at radius 2 is 2.00 bits per heavy atom. The van der Waals surface area contributed by atoms with Crippen LogP contribution in [0.15, 0.2) is 55.1 Å². The molecule has 0 atom stereocenters. The van der Waals surface area contributed by atoms with Crippen molar-refractivity contribution in [3.63, 3.8) is 0 Å². The average Bonchev–Trinajstić information content (AvgIpc) is 3.66. The van der Waals surface area contributed by atoms with Crippen molar-refractivity contribution in [1.29, 1.82) is 0 Å². The molecule has 0 spiro atoms. The van der Waals surface area contributed by atoms with E-state index >= 15 is 0 Å². The van der Waals surface area contributed by atoms with Crippen LogP contribution in [-0.4, -0.2) is 43.7 Å². The van der Waals surface area contributed by atoms with Crippen molar-refractivity contribution >= 4 is 34.6 Å². The molecule has 1 aliphatic rings. The van der Waals surface area contributed by atoms with Gasteiger partial charge in [-0.2, -0.15) is 0 Å². The molecule has 4 aromatic rings. The van der Waals surface area contributed by atoms with Gasteiger partial charge in [-0.25, -0.2) is 19.7 Å². The number of nitrogens with one attached hydrogen (secondary N) is 1. The fourth-order valence-electron chi connectivity index (χ4n) is 4.38. The highest BCUT2D eigenvalue weighted by Crippen LogP contribution is 2.36. The van der Waals surface area contributed by atoms with Gasteiger partial charge in [-0.3, -0.25) is 0 Å². The lowest BCUT2D eigenvalue weighted by Crippen LogP contribution is -2.12. The van der Waals surface area contributed by atoms with Gasteiger partial charge < -0.3 is 19.7 Å². The van der Waals surface area contributed by atoms with Gasteiger partial charge in [0, 0.05) is 18.1 Å². The van der Waals surface area contributed by atoms with E-state index in [1.807, 2.05) is 60.0 Å². The Bertz CT molecular complexity index is 1480. The maximum atomic E-state index is 11.9. The number of rotatable bonds is 12. The quantitative estimate of drug-likeness (QED) is 0.162. The predicted molar refractivity (Wildman–Crippen MR) is 149 cm³/mol. The number of aromatic carboxylic acids is 1. The van der Waals surface area contributed by atoms with Gasteiger partial charge >= 0.3 is 5.97 Å². The summed E-state index contributed by atoms with van der Waals surface area (Å²) in [5, 5.41) is 13.8. The van der Waals surface area contributed by atoms with Crippen LogP contribution >= 0.6 is 11.6 Å². The number of benzene rings is 2. The zero-order valence-electron chi connectivity index (χ0n) is 21.3. The highest BCUT2D eigenvalue weighted by atomic mass is 35.5. The highest BCUT2D eigenvalue weighted by molar-refractivity contribution is 6.30. The smallest absolute Gasteiger partial charge is 0.374 e. The summed E-state index contributed by atoms with van der Waals surface area (Å²) in [6.07, 6.45) is 6.00. The van der Waals surface area contributed by atoms with E-state index in [-0.39, 0.29) is 5.82 Å². The maximum absolute atomic E-state index is 11.9. The van der Waals surface area contributed by atoms with Gasteiger partial charge in [0.05, 0.1) is 12.2 Å². The number of anilines is 1. The molecule has 5 rings (SSSR count). The van der Waals surface area contributed by atoms with Gasteiger partial charge in [-0.1, -0.05) is 54.3 Å². The molecule has 38 heavy (non-hydrogen) atoms. The lowest BCUT2D eigenvalue weighted by molar-refractivity contribution is 0.0684. The molecule has 9 heteroatoms. The Kier molecular flexibility index (Phi) is 7.60. The SMILES string of the molecule is C=CCCOc1ccc(C)cc1-c1nc2nc(C(=O)O)nc(NCCC3CC3)c2n1Cc1ccc(Cl)cc1. The summed E-state index contributed by atoms with van der Waals surface area (Å²) in [6.45, 7) is 7.41. The van der Waals surface area contributed by atoms with Crippen molar-refractivity contribution in [3.05, 3.63) is 77.1 Å². The van der Waals surface area contributed by atoms with Gasteiger partial charge in [0.1, 0.15) is 17.1 Å². The largest absolute Gasteiger partial charge is 0.493 e. The zero-order chi connectivity index (χ0) is 26.6. The number of carboxylic acid groups (broad SMARTS) is 1. The molecule has 2 aromatic carbocycles. The summed E-state index contributed by atoms with van der Waals surface area (Å²) in [7, 11) is 0. The Labute approximate surface area is 226 Å². The number of halogens is 1. The first-order chi connectivity index (χ1) is 18.4. The molecule has 1 aliphatic carbocycles. The molecular weight excluding hydrogens is 502 g/mol. The van der Waals surface area contributed by atoms with Crippen LogP contribution in [0.3, 0.4) is 0 Å². The van der Waals surface area contributed by atoms with Crippen LogP contribution in [-0.2, 0) is 6.54 Å². The summed E-state index contributed by atoms with van der Waals surface area (Å²) in [4.78, 5) is 25.5. The third kappa shape index (κ3) is 5.81. The fourth-order valence-corrected chi connectivity index (χ4v) is 4.51. The molecular formula is C29H30ClN5O3. The lowest BCUT2D eigenvalue weighted by atomic mass is 10.1. The van der Waals surface area contributed by atoms with E-state index in [1.54, 1.807) is 0 Å². The number of nitrogens with zero attached hydrogens (tertiary/aromatic N) is 4. The van der Waals surface area contributed by atoms with Crippen LogP contribution in [0.4, 0.5) is 5.82 Å². The van der Waals surface area contributed by atoms with Gasteiger partial charge in [0.2, 0.25) is 5.82 Å². The van der Waals surface area contributed by atoms with Crippen LogP contribution in [0.25, 0.3) is 22.6 Å².